The lowest BCUT2D eigenvalue weighted by molar-refractivity contribution is 0.349. The Morgan fingerprint density at radius 2 is 0.917 bits per heavy atom. The van der Waals surface area contributed by atoms with Crippen LogP contribution in [0.5, 0.6) is 0 Å². The monoisotopic (exact) mass is 339 g/mol. The minimum absolute atomic E-state index is 0.446. The SMILES string of the molecule is CCCCCCCCCCCCCCCCC(CC)C(N)CCC. The van der Waals surface area contributed by atoms with E-state index < -0.39 is 0 Å². The van der Waals surface area contributed by atoms with Gasteiger partial charge in [-0.05, 0) is 18.8 Å². The summed E-state index contributed by atoms with van der Waals surface area (Å²) in [4.78, 5) is 0. The average molecular weight is 340 g/mol. The maximum atomic E-state index is 6.29. The fourth-order valence-electron chi connectivity index (χ4n) is 3.89. The van der Waals surface area contributed by atoms with Gasteiger partial charge in [0, 0.05) is 6.04 Å². The molecule has 1 nitrogen and oxygen atoms in total. The van der Waals surface area contributed by atoms with Gasteiger partial charge in [-0.1, -0.05) is 124 Å². The zero-order chi connectivity index (χ0) is 17.9. The van der Waals surface area contributed by atoms with Crippen molar-refractivity contribution in [3.05, 3.63) is 0 Å². The first-order chi connectivity index (χ1) is 11.8. The zero-order valence-corrected chi connectivity index (χ0v) is 17.5. The largest absolute Gasteiger partial charge is 0.327 e. The summed E-state index contributed by atoms with van der Waals surface area (Å²) in [5, 5.41) is 0. The summed E-state index contributed by atoms with van der Waals surface area (Å²) in [6.45, 7) is 6.85. The Morgan fingerprint density at radius 3 is 1.29 bits per heavy atom. The van der Waals surface area contributed by atoms with Crippen LogP contribution in [0.2, 0.25) is 0 Å². The Labute approximate surface area is 154 Å². The molecule has 2 unspecified atom stereocenters. The van der Waals surface area contributed by atoms with Gasteiger partial charge >= 0.3 is 0 Å². The van der Waals surface area contributed by atoms with E-state index in [2.05, 4.69) is 20.8 Å². The van der Waals surface area contributed by atoms with Crippen molar-refractivity contribution in [2.75, 3.05) is 0 Å². The number of rotatable bonds is 19. The molecule has 0 saturated heterocycles. The van der Waals surface area contributed by atoms with Crippen molar-refractivity contribution in [3.8, 4) is 0 Å². The first-order valence-electron chi connectivity index (χ1n) is 11.5. The third-order valence-corrected chi connectivity index (χ3v) is 5.68. The lowest BCUT2D eigenvalue weighted by Crippen LogP contribution is -2.29. The van der Waals surface area contributed by atoms with Gasteiger partial charge in [-0.25, -0.2) is 0 Å². The summed E-state index contributed by atoms with van der Waals surface area (Å²) in [6.07, 6.45) is 25.3. The van der Waals surface area contributed by atoms with E-state index in [9.17, 15) is 0 Å². The summed E-state index contributed by atoms with van der Waals surface area (Å²) in [6, 6.07) is 0.446. The van der Waals surface area contributed by atoms with Gasteiger partial charge in [0.25, 0.3) is 0 Å². The molecule has 0 aliphatic carbocycles. The van der Waals surface area contributed by atoms with Crippen LogP contribution in [0.4, 0.5) is 0 Å². The van der Waals surface area contributed by atoms with E-state index in [4.69, 9.17) is 5.73 Å². The van der Waals surface area contributed by atoms with Gasteiger partial charge in [-0.15, -0.1) is 0 Å². The molecule has 2 N–H and O–H groups in total. The Bertz CT molecular complexity index is 226. The standard InChI is InChI=1S/C23H49N/c1-4-7-8-9-10-11-12-13-14-15-16-17-18-19-21-22(6-3)23(24)20-5-2/h22-23H,4-21,24H2,1-3H3. The van der Waals surface area contributed by atoms with Crippen LogP contribution in [0.15, 0.2) is 0 Å². The smallest absolute Gasteiger partial charge is 0.00669 e. The maximum Gasteiger partial charge on any atom is 0.00669 e. The van der Waals surface area contributed by atoms with Gasteiger partial charge in [-0.2, -0.15) is 0 Å². The summed E-state index contributed by atoms with van der Waals surface area (Å²) in [5.41, 5.74) is 6.29. The Hall–Kier alpha value is -0.0400. The highest BCUT2D eigenvalue weighted by molar-refractivity contribution is 4.71. The Morgan fingerprint density at radius 1 is 0.500 bits per heavy atom. The topological polar surface area (TPSA) is 26.0 Å². The highest BCUT2D eigenvalue weighted by Crippen LogP contribution is 2.20. The molecule has 0 radical (unpaired) electrons. The van der Waals surface area contributed by atoms with Crippen molar-refractivity contribution in [3.63, 3.8) is 0 Å². The van der Waals surface area contributed by atoms with Crippen molar-refractivity contribution >= 4 is 0 Å². The van der Waals surface area contributed by atoms with Crippen molar-refractivity contribution < 1.29 is 0 Å². The lowest BCUT2D eigenvalue weighted by Gasteiger charge is -2.22. The number of unbranched alkanes of at least 4 members (excludes halogenated alkanes) is 13. The molecule has 0 rings (SSSR count). The molecule has 0 fully saturated rings. The molecule has 0 amide bonds. The third-order valence-electron chi connectivity index (χ3n) is 5.68. The van der Waals surface area contributed by atoms with Crippen LogP contribution < -0.4 is 5.73 Å². The Balaban J connectivity index is 3.24. The first-order valence-corrected chi connectivity index (χ1v) is 11.5. The van der Waals surface area contributed by atoms with Crippen molar-refractivity contribution in [1.29, 1.82) is 0 Å². The minimum Gasteiger partial charge on any atom is -0.327 e. The Kier molecular flexibility index (Phi) is 19.3. The van der Waals surface area contributed by atoms with Gasteiger partial charge in [0.1, 0.15) is 0 Å². The highest BCUT2D eigenvalue weighted by Gasteiger charge is 2.14. The molecule has 2 atom stereocenters. The molecule has 0 heterocycles. The summed E-state index contributed by atoms with van der Waals surface area (Å²) >= 11 is 0. The van der Waals surface area contributed by atoms with E-state index in [1.54, 1.807) is 0 Å². The molecule has 146 valence electrons. The molecule has 0 spiro atoms. The van der Waals surface area contributed by atoms with Gasteiger partial charge in [0.05, 0.1) is 0 Å². The molecule has 0 aromatic rings. The van der Waals surface area contributed by atoms with E-state index in [0.29, 0.717) is 6.04 Å². The first kappa shape index (κ1) is 24.0. The van der Waals surface area contributed by atoms with Gasteiger partial charge in [-0.3, -0.25) is 0 Å². The second kappa shape index (κ2) is 19.3. The summed E-state index contributed by atoms with van der Waals surface area (Å²) < 4.78 is 0. The van der Waals surface area contributed by atoms with Crippen LogP contribution >= 0.6 is 0 Å². The summed E-state index contributed by atoms with van der Waals surface area (Å²) in [7, 11) is 0. The van der Waals surface area contributed by atoms with E-state index >= 15 is 0 Å². The fourth-order valence-corrected chi connectivity index (χ4v) is 3.89. The molecule has 24 heavy (non-hydrogen) atoms. The maximum absolute atomic E-state index is 6.29. The predicted octanol–water partition coefficient (Wildman–Crippen LogP) is 8.01. The number of nitrogens with two attached hydrogens (primary N) is 1. The number of hydrogen-bond donors (Lipinski definition) is 1. The van der Waals surface area contributed by atoms with Crippen LogP contribution in [-0.4, -0.2) is 6.04 Å². The normalized spacial score (nSPS) is 14.0. The second-order valence-corrected chi connectivity index (χ2v) is 8.01. The van der Waals surface area contributed by atoms with Crippen molar-refractivity contribution in [1.82, 2.24) is 0 Å². The molecule has 0 aliphatic rings. The van der Waals surface area contributed by atoms with E-state index in [1.807, 2.05) is 0 Å². The zero-order valence-electron chi connectivity index (χ0n) is 17.5. The van der Waals surface area contributed by atoms with Crippen molar-refractivity contribution in [2.45, 2.75) is 142 Å². The second-order valence-electron chi connectivity index (χ2n) is 8.01. The van der Waals surface area contributed by atoms with Gasteiger partial charge in [0.2, 0.25) is 0 Å². The van der Waals surface area contributed by atoms with Gasteiger partial charge in [0.15, 0.2) is 0 Å². The minimum atomic E-state index is 0.446. The third kappa shape index (κ3) is 15.5. The van der Waals surface area contributed by atoms with E-state index in [0.717, 1.165) is 5.92 Å². The molecule has 0 bridgehead atoms. The van der Waals surface area contributed by atoms with Crippen LogP contribution in [0.3, 0.4) is 0 Å². The molecule has 0 aromatic carbocycles. The van der Waals surface area contributed by atoms with Crippen LogP contribution in [0, 0.1) is 5.92 Å². The molecular formula is C23H49N. The predicted molar refractivity (Wildman–Crippen MR) is 112 cm³/mol. The fraction of sp³-hybridized carbons (Fsp3) is 1.00. The molecule has 0 aliphatic heterocycles. The van der Waals surface area contributed by atoms with Crippen LogP contribution in [0.1, 0.15) is 136 Å². The molecule has 1 heteroatoms. The van der Waals surface area contributed by atoms with Gasteiger partial charge < -0.3 is 5.73 Å². The average Bonchev–Trinajstić information content (AvgIpc) is 2.58. The molecular weight excluding hydrogens is 290 g/mol. The number of hydrogen-bond acceptors (Lipinski definition) is 1. The van der Waals surface area contributed by atoms with E-state index in [1.165, 1.54) is 116 Å². The quantitative estimate of drug-likeness (QED) is 0.237. The van der Waals surface area contributed by atoms with E-state index in [-0.39, 0.29) is 0 Å². The lowest BCUT2D eigenvalue weighted by atomic mass is 9.89. The molecule has 0 saturated carbocycles. The van der Waals surface area contributed by atoms with Crippen LogP contribution in [0.25, 0.3) is 0 Å². The van der Waals surface area contributed by atoms with Crippen molar-refractivity contribution in [2.24, 2.45) is 11.7 Å². The molecule has 0 aromatic heterocycles. The summed E-state index contributed by atoms with van der Waals surface area (Å²) in [5.74, 6) is 0.766. The van der Waals surface area contributed by atoms with Crippen LogP contribution in [-0.2, 0) is 0 Å². The highest BCUT2D eigenvalue weighted by atomic mass is 14.6.